The second-order valence-corrected chi connectivity index (χ2v) is 2.80. The Hall–Kier alpha value is -0.860. The van der Waals surface area contributed by atoms with Gasteiger partial charge in [-0.15, -0.1) is 0 Å². The van der Waals surface area contributed by atoms with Gasteiger partial charge in [-0.25, -0.2) is 0 Å². The van der Waals surface area contributed by atoms with Crippen LogP contribution in [-0.4, -0.2) is 23.3 Å². The van der Waals surface area contributed by atoms with Crippen molar-refractivity contribution in [2.45, 2.75) is 20.3 Å². The monoisotopic (exact) mass is 140 g/mol. The number of rotatable bonds is 1. The normalized spacial score (nSPS) is 22.3. The number of nitrogens with zero attached hydrogens (tertiary/aromatic N) is 2. The van der Waals surface area contributed by atoms with Crippen molar-refractivity contribution in [3.05, 3.63) is 0 Å². The standard InChI is InChI=1S/C7H12N2O/c1-6(2)5-9-4-3-7(10)8-9/h5-6H,3-4H2,1-2H3/b9-5-. The maximum atomic E-state index is 10.6. The lowest BCUT2D eigenvalue weighted by atomic mass is 10.2. The summed E-state index contributed by atoms with van der Waals surface area (Å²) in [4.78, 5) is 0. The molecule has 0 fully saturated rings. The SMILES string of the molecule is CC(C)/C=[N+]1/CCC([O-])=N1. The third-order valence-corrected chi connectivity index (χ3v) is 1.26. The van der Waals surface area contributed by atoms with Crippen LogP contribution in [0.25, 0.3) is 0 Å². The number of hydrazone groups is 1. The van der Waals surface area contributed by atoms with Crippen LogP contribution in [-0.2, 0) is 0 Å². The van der Waals surface area contributed by atoms with Gasteiger partial charge in [0.15, 0.2) is 12.8 Å². The Morgan fingerprint density at radius 3 is 2.80 bits per heavy atom. The molecule has 56 valence electrons. The van der Waals surface area contributed by atoms with Crippen molar-refractivity contribution in [1.29, 1.82) is 0 Å². The highest BCUT2D eigenvalue weighted by Gasteiger charge is 2.10. The smallest absolute Gasteiger partial charge is 0.178 e. The fourth-order valence-electron chi connectivity index (χ4n) is 0.905. The van der Waals surface area contributed by atoms with E-state index in [1.165, 1.54) is 0 Å². The molecule has 0 N–H and O–H groups in total. The molecule has 0 aromatic rings. The van der Waals surface area contributed by atoms with E-state index in [1.807, 2.05) is 6.21 Å². The summed E-state index contributed by atoms with van der Waals surface area (Å²) in [5, 5.41) is 14.4. The number of hydrogen-bond donors (Lipinski definition) is 0. The Morgan fingerprint density at radius 2 is 2.40 bits per heavy atom. The van der Waals surface area contributed by atoms with Crippen LogP contribution < -0.4 is 5.11 Å². The van der Waals surface area contributed by atoms with Gasteiger partial charge in [0.1, 0.15) is 0 Å². The van der Waals surface area contributed by atoms with E-state index in [4.69, 9.17) is 0 Å². The Bertz CT molecular complexity index is 182. The molecule has 0 saturated carbocycles. The molecule has 0 amide bonds. The average Bonchev–Trinajstić information content (AvgIpc) is 2.13. The van der Waals surface area contributed by atoms with Gasteiger partial charge >= 0.3 is 0 Å². The lowest BCUT2D eigenvalue weighted by Gasteiger charge is -1.90. The zero-order valence-electron chi connectivity index (χ0n) is 6.37. The first-order valence-corrected chi connectivity index (χ1v) is 3.54. The van der Waals surface area contributed by atoms with Gasteiger partial charge in [0, 0.05) is 18.2 Å². The molecule has 1 aliphatic heterocycles. The predicted octanol–water partition coefficient (Wildman–Crippen LogP) is -0.197. The minimum Gasteiger partial charge on any atom is -0.857 e. The summed E-state index contributed by atoms with van der Waals surface area (Å²) in [6, 6.07) is 0. The Balaban J connectivity index is 2.59. The minimum absolute atomic E-state index is 0.00287. The minimum atomic E-state index is -0.00287. The van der Waals surface area contributed by atoms with Gasteiger partial charge in [0.2, 0.25) is 0 Å². The molecule has 1 rings (SSSR count). The van der Waals surface area contributed by atoms with Gasteiger partial charge in [-0.05, 0) is 5.10 Å². The molecule has 3 nitrogen and oxygen atoms in total. The highest BCUT2D eigenvalue weighted by Crippen LogP contribution is 1.96. The third-order valence-electron chi connectivity index (χ3n) is 1.26. The van der Waals surface area contributed by atoms with Gasteiger partial charge in [-0.1, -0.05) is 18.5 Å². The number of hydrogen-bond acceptors (Lipinski definition) is 2. The van der Waals surface area contributed by atoms with Crippen LogP contribution in [0.1, 0.15) is 20.3 Å². The molecule has 0 aromatic carbocycles. The topological polar surface area (TPSA) is 38.4 Å². The molecule has 0 saturated heterocycles. The molecule has 0 unspecified atom stereocenters. The fourth-order valence-corrected chi connectivity index (χ4v) is 0.905. The van der Waals surface area contributed by atoms with Gasteiger partial charge < -0.3 is 5.11 Å². The maximum Gasteiger partial charge on any atom is 0.178 e. The zero-order chi connectivity index (χ0) is 7.56. The molecule has 0 bridgehead atoms. The lowest BCUT2D eigenvalue weighted by Crippen LogP contribution is -2.13. The summed E-state index contributed by atoms with van der Waals surface area (Å²) in [7, 11) is 0. The van der Waals surface area contributed by atoms with E-state index in [0.29, 0.717) is 12.3 Å². The van der Waals surface area contributed by atoms with Crippen molar-refractivity contribution in [1.82, 2.24) is 0 Å². The summed E-state index contributed by atoms with van der Waals surface area (Å²) < 4.78 is 1.73. The molecule has 1 aliphatic rings. The molecular weight excluding hydrogens is 128 g/mol. The second-order valence-electron chi connectivity index (χ2n) is 2.80. The van der Waals surface area contributed by atoms with Gasteiger partial charge in [0.25, 0.3) is 0 Å². The van der Waals surface area contributed by atoms with Crippen molar-refractivity contribution in [3.63, 3.8) is 0 Å². The van der Waals surface area contributed by atoms with Crippen LogP contribution in [0.3, 0.4) is 0 Å². The third kappa shape index (κ3) is 1.83. The van der Waals surface area contributed by atoms with E-state index in [9.17, 15) is 5.11 Å². The van der Waals surface area contributed by atoms with Gasteiger partial charge in [-0.2, -0.15) is 0 Å². The molecule has 1 heterocycles. The molecule has 0 atom stereocenters. The molecule has 0 aromatic heterocycles. The summed E-state index contributed by atoms with van der Waals surface area (Å²) >= 11 is 0. The molecule has 0 radical (unpaired) electrons. The van der Waals surface area contributed by atoms with Gasteiger partial charge in [-0.3, -0.25) is 0 Å². The first-order chi connectivity index (χ1) is 4.68. The first-order valence-electron chi connectivity index (χ1n) is 3.54. The van der Waals surface area contributed by atoms with E-state index in [2.05, 4.69) is 18.9 Å². The summed E-state index contributed by atoms with van der Waals surface area (Å²) in [6.45, 7) is 4.90. The highest BCUT2D eigenvalue weighted by molar-refractivity contribution is 5.72. The molecule has 10 heavy (non-hydrogen) atoms. The van der Waals surface area contributed by atoms with E-state index >= 15 is 0 Å². The molecule has 3 heteroatoms. The molecule has 0 aliphatic carbocycles. The quantitative estimate of drug-likeness (QED) is 0.465. The summed E-state index contributed by atoms with van der Waals surface area (Å²) in [6.07, 6.45) is 2.54. The Labute approximate surface area is 60.7 Å². The molecule has 0 spiro atoms. The van der Waals surface area contributed by atoms with E-state index in [1.54, 1.807) is 4.68 Å². The zero-order valence-corrected chi connectivity index (χ0v) is 6.37. The largest absolute Gasteiger partial charge is 0.857 e. The fraction of sp³-hybridized carbons (Fsp3) is 0.714. The van der Waals surface area contributed by atoms with E-state index < -0.39 is 0 Å². The predicted molar refractivity (Wildman–Crippen MR) is 38.1 cm³/mol. The van der Waals surface area contributed by atoms with Crippen molar-refractivity contribution in [2.24, 2.45) is 11.0 Å². The van der Waals surface area contributed by atoms with Crippen molar-refractivity contribution in [3.8, 4) is 0 Å². The van der Waals surface area contributed by atoms with Crippen LogP contribution >= 0.6 is 0 Å². The van der Waals surface area contributed by atoms with Crippen LogP contribution in [0.15, 0.2) is 5.10 Å². The summed E-state index contributed by atoms with van der Waals surface area (Å²) in [5.41, 5.74) is 0. The Kier molecular flexibility index (Phi) is 2.04. The maximum absolute atomic E-state index is 10.6. The van der Waals surface area contributed by atoms with Crippen LogP contribution in [0.2, 0.25) is 0 Å². The van der Waals surface area contributed by atoms with Crippen molar-refractivity contribution in [2.75, 3.05) is 6.54 Å². The first kappa shape index (κ1) is 7.25. The van der Waals surface area contributed by atoms with Gasteiger partial charge in [0.05, 0.1) is 0 Å². The summed E-state index contributed by atoms with van der Waals surface area (Å²) in [5.74, 6) is 0.464. The lowest BCUT2D eigenvalue weighted by molar-refractivity contribution is -0.521. The van der Waals surface area contributed by atoms with Crippen LogP contribution in [0.5, 0.6) is 0 Å². The highest BCUT2D eigenvalue weighted by atomic mass is 16.3. The van der Waals surface area contributed by atoms with Crippen molar-refractivity contribution >= 4 is 12.1 Å². The van der Waals surface area contributed by atoms with Crippen LogP contribution in [0.4, 0.5) is 0 Å². The van der Waals surface area contributed by atoms with Crippen molar-refractivity contribution < 1.29 is 9.79 Å². The second kappa shape index (κ2) is 2.82. The Morgan fingerprint density at radius 1 is 1.70 bits per heavy atom. The van der Waals surface area contributed by atoms with E-state index in [0.717, 1.165) is 6.54 Å². The average molecular weight is 140 g/mol. The van der Waals surface area contributed by atoms with E-state index in [-0.39, 0.29) is 5.90 Å². The molecular formula is C7H12N2O. The van der Waals surface area contributed by atoms with Crippen LogP contribution in [0, 0.1) is 5.92 Å².